The van der Waals surface area contributed by atoms with Gasteiger partial charge >= 0.3 is 0 Å². The molecule has 0 aromatic carbocycles. The highest BCUT2D eigenvalue weighted by Crippen LogP contribution is 2.24. The van der Waals surface area contributed by atoms with Gasteiger partial charge in [-0.05, 0) is 19.3 Å². The molecule has 15 heavy (non-hydrogen) atoms. The van der Waals surface area contributed by atoms with Crippen molar-refractivity contribution in [1.29, 1.82) is 0 Å². The molecule has 1 rings (SSSR count). The molecule has 3 nitrogen and oxygen atoms in total. The van der Waals surface area contributed by atoms with Gasteiger partial charge in [-0.1, -0.05) is 33.6 Å². The summed E-state index contributed by atoms with van der Waals surface area (Å²) in [5, 5.41) is 14.5. The first kappa shape index (κ1) is 12.1. The first-order valence-corrected chi connectivity index (χ1v) is 6.02. The lowest BCUT2D eigenvalue weighted by Crippen LogP contribution is -1.98. The quantitative estimate of drug-likeness (QED) is 0.784. The normalized spacial score (nSPS) is 10.9. The van der Waals surface area contributed by atoms with Crippen LogP contribution in [-0.2, 0) is 19.4 Å². The molecule has 0 unspecified atom stereocenters. The van der Waals surface area contributed by atoms with Crippen LogP contribution in [-0.4, -0.2) is 14.9 Å². The van der Waals surface area contributed by atoms with E-state index in [1.807, 2.05) is 0 Å². The predicted octanol–water partition coefficient (Wildman–Crippen LogP) is 2.90. The molecule has 0 saturated carbocycles. The van der Waals surface area contributed by atoms with E-state index < -0.39 is 0 Å². The molecule has 3 heteroatoms. The van der Waals surface area contributed by atoms with Crippen molar-refractivity contribution in [3.8, 4) is 5.88 Å². The van der Waals surface area contributed by atoms with Crippen molar-refractivity contribution in [3.05, 3.63) is 11.3 Å². The van der Waals surface area contributed by atoms with E-state index in [2.05, 4.69) is 25.9 Å². The highest BCUT2D eigenvalue weighted by Gasteiger charge is 2.14. The molecule has 0 aliphatic rings. The van der Waals surface area contributed by atoms with E-state index in [1.165, 1.54) is 0 Å². The Hall–Kier alpha value is -0.990. The Morgan fingerprint density at radius 2 is 1.73 bits per heavy atom. The van der Waals surface area contributed by atoms with Gasteiger partial charge in [0.1, 0.15) is 0 Å². The number of aromatic nitrogens is 2. The van der Waals surface area contributed by atoms with Crippen LogP contribution < -0.4 is 0 Å². The number of hydrogen-bond acceptors (Lipinski definition) is 2. The maximum Gasteiger partial charge on any atom is 0.212 e. The Kier molecular flexibility index (Phi) is 4.66. The lowest BCUT2D eigenvalue weighted by Gasteiger charge is -2.00. The van der Waals surface area contributed by atoms with Gasteiger partial charge in [-0.15, -0.1) is 0 Å². The molecule has 0 bridgehead atoms. The fraction of sp³-hybridized carbons (Fsp3) is 0.750. The van der Waals surface area contributed by atoms with Gasteiger partial charge in [-0.3, -0.25) is 0 Å². The summed E-state index contributed by atoms with van der Waals surface area (Å²) in [6, 6.07) is 0. The molecule has 0 fully saturated rings. The molecule has 0 amide bonds. The zero-order chi connectivity index (χ0) is 11.3. The zero-order valence-corrected chi connectivity index (χ0v) is 10.1. The van der Waals surface area contributed by atoms with Crippen LogP contribution in [0.15, 0.2) is 0 Å². The second-order valence-electron chi connectivity index (χ2n) is 3.97. The van der Waals surface area contributed by atoms with Crippen LogP contribution in [0.5, 0.6) is 5.88 Å². The van der Waals surface area contributed by atoms with Crippen molar-refractivity contribution in [3.63, 3.8) is 0 Å². The highest BCUT2D eigenvalue weighted by atomic mass is 16.3. The molecule has 0 radical (unpaired) electrons. The number of rotatable bonds is 6. The topological polar surface area (TPSA) is 38.0 Å². The van der Waals surface area contributed by atoms with Gasteiger partial charge in [0, 0.05) is 12.1 Å². The molecule has 1 heterocycles. The minimum absolute atomic E-state index is 0.391. The van der Waals surface area contributed by atoms with Crippen molar-refractivity contribution in [1.82, 2.24) is 9.78 Å². The van der Waals surface area contributed by atoms with Gasteiger partial charge in [-0.2, -0.15) is 5.10 Å². The fourth-order valence-corrected chi connectivity index (χ4v) is 1.85. The van der Waals surface area contributed by atoms with Gasteiger partial charge in [0.05, 0.1) is 5.69 Å². The molecular weight excluding hydrogens is 188 g/mol. The second-order valence-corrected chi connectivity index (χ2v) is 3.97. The van der Waals surface area contributed by atoms with Gasteiger partial charge in [-0.25, -0.2) is 4.68 Å². The van der Waals surface area contributed by atoms with Gasteiger partial charge in [0.25, 0.3) is 0 Å². The number of aromatic hydroxyl groups is 1. The van der Waals surface area contributed by atoms with Crippen molar-refractivity contribution in [2.75, 3.05) is 0 Å². The van der Waals surface area contributed by atoms with E-state index in [4.69, 9.17) is 0 Å². The molecule has 1 aromatic rings. The summed E-state index contributed by atoms with van der Waals surface area (Å²) in [7, 11) is 0. The Balaban J connectivity index is 2.96. The summed E-state index contributed by atoms with van der Waals surface area (Å²) in [5.41, 5.74) is 2.15. The smallest absolute Gasteiger partial charge is 0.212 e. The third kappa shape index (κ3) is 2.74. The molecule has 86 valence electrons. The molecular formula is C12H22N2O. The van der Waals surface area contributed by atoms with Crippen LogP contribution in [0.1, 0.15) is 51.3 Å². The molecule has 1 aromatic heterocycles. The van der Waals surface area contributed by atoms with E-state index in [0.717, 1.165) is 49.9 Å². The molecule has 0 saturated heterocycles. The van der Waals surface area contributed by atoms with Crippen LogP contribution in [0.25, 0.3) is 0 Å². The SMILES string of the molecule is CCCc1nn(CCC)c(O)c1CCC. The standard InChI is InChI=1S/C12H22N2O/c1-4-7-10-11(8-5-2)13-14(9-6-3)12(10)15/h15H,4-9H2,1-3H3. The predicted molar refractivity (Wildman–Crippen MR) is 62.2 cm³/mol. The number of hydrogen-bond donors (Lipinski definition) is 1. The van der Waals surface area contributed by atoms with Crippen LogP contribution >= 0.6 is 0 Å². The Morgan fingerprint density at radius 1 is 1.07 bits per heavy atom. The molecule has 0 aliphatic carbocycles. The maximum absolute atomic E-state index is 10.00. The van der Waals surface area contributed by atoms with Crippen molar-refractivity contribution in [2.24, 2.45) is 0 Å². The highest BCUT2D eigenvalue weighted by molar-refractivity contribution is 5.31. The lowest BCUT2D eigenvalue weighted by molar-refractivity contribution is 0.392. The van der Waals surface area contributed by atoms with Crippen molar-refractivity contribution < 1.29 is 5.11 Å². The Bertz CT molecular complexity index is 305. The Morgan fingerprint density at radius 3 is 2.27 bits per heavy atom. The van der Waals surface area contributed by atoms with Crippen LogP contribution in [0.3, 0.4) is 0 Å². The van der Waals surface area contributed by atoms with Crippen LogP contribution in [0.2, 0.25) is 0 Å². The van der Waals surface area contributed by atoms with E-state index in [9.17, 15) is 5.11 Å². The summed E-state index contributed by atoms with van der Waals surface area (Å²) >= 11 is 0. The number of nitrogens with zero attached hydrogens (tertiary/aromatic N) is 2. The molecule has 0 atom stereocenters. The fourth-order valence-electron chi connectivity index (χ4n) is 1.85. The summed E-state index contributed by atoms with van der Waals surface area (Å²) in [6.07, 6.45) is 5.05. The third-order valence-electron chi connectivity index (χ3n) is 2.53. The van der Waals surface area contributed by atoms with Crippen LogP contribution in [0.4, 0.5) is 0 Å². The molecule has 0 spiro atoms. The second kappa shape index (κ2) is 5.79. The van der Waals surface area contributed by atoms with Crippen molar-refractivity contribution in [2.45, 2.75) is 59.4 Å². The summed E-state index contributed by atoms with van der Waals surface area (Å²) in [5.74, 6) is 0.391. The Labute approximate surface area is 92.1 Å². The number of aryl methyl sites for hydroxylation is 2. The third-order valence-corrected chi connectivity index (χ3v) is 2.53. The lowest BCUT2D eigenvalue weighted by atomic mass is 10.1. The zero-order valence-electron chi connectivity index (χ0n) is 10.1. The minimum Gasteiger partial charge on any atom is -0.493 e. The van der Waals surface area contributed by atoms with E-state index in [1.54, 1.807) is 4.68 Å². The van der Waals surface area contributed by atoms with E-state index in [-0.39, 0.29) is 0 Å². The van der Waals surface area contributed by atoms with E-state index >= 15 is 0 Å². The minimum atomic E-state index is 0.391. The summed E-state index contributed by atoms with van der Waals surface area (Å²) in [6.45, 7) is 7.18. The first-order valence-electron chi connectivity index (χ1n) is 6.02. The molecule has 1 N–H and O–H groups in total. The van der Waals surface area contributed by atoms with Crippen molar-refractivity contribution >= 4 is 0 Å². The average Bonchev–Trinajstić information content (AvgIpc) is 2.49. The molecule has 0 aliphatic heterocycles. The first-order chi connectivity index (χ1) is 7.24. The largest absolute Gasteiger partial charge is 0.493 e. The van der Waals surface area contributed by atoms with Gasteiger partial charge < -0.3 is 5.11 Å². The van der Waals surface area contributed by atoms with Gasteiger partial charge in [0.2, 0.25) is 5.88 Å². The summed E-state index contributed by atoms with van der Waals surface area (Å²) in [4.78, 5) is 0. The van der Waals surface area contributed by atoms with E-state index in [0.29, 0.717) is 5.88 Å². The van der Waals surface area contributed by atoms with Gasteiger partial charge in [0.15, 0.2) is 0 Å². The van der Waals surface area contributed by atoms with Crippen LogP contribution in [0, 0.1) is 0 Å². The average molecular weight is 210 g/mol. The maximum atomic E-state index is 10.00. The summed E-state index contributed by atoms with van der Waals surface area (Å²) < 4.78 is 1.75. The monoisotopic (exact) mass is 210 g/mol.